The standard InChI is InChI=1S/C17H13ClN4O2/c18-13-3-5-14(6-4-13)22-10-12(8-15(22)23)17-20-16(21-24-17)11-2-1-7-19-9-11/h1-7,9,12H,8,10H2/t12-/m1/s1. The molecule has 2 aromatic heterocycles. The second kappa shape index (κ2) is 6.05. The molecule has 0 unspecified atom stereocenters. The van der Waals surface area contributed by atoms with Gasteiger partial charge < -0.3 is 9.42 Å². The number of hydrogen-bond acceptors (Lipinski definition) is 5. The maximum atomic E-state index is 12.3. The Morgan fingerprint density at radius 2 is 2.04 bits per heavy atom. The van der Waals surface area contributed by atoms with Crippen LogP contribution in [0, 0.1) is 0 Å². The molecule has 0 aliphatic carbocycles. The number of halogens is 1. The van der Waals surface area contributed by atoms with Crippen LogP contribution in [0.4, 0.5) is 5.69 Å². The maximum absolute atomic E-state index is 12.3. The fourth-order valence-corrected chi connectivity index (χ4v) is 2.88. The van der Waals surface area contributed by atoms with Gasteiger partial charge in [0, 0.05) is 41.6 Å². The lowest BCUT2D eigenvalue weighted by Crippen LogP contribution is -2.24. The van der Waals surface area contributed by atoms with E-state index in [2.05, 4.69) is 15.1 Å². The molecule has 0 saturated carbocycles. The molecule has 1 saturated heterocycles. The molecule has 1 atom stereocenters. The molecule has 0 N–H and O–H groups in total. The Kier molecular flexibility index (Phi) is 3.74. The third-order valence-electron chi connectivity index (χ3n) is 3.97. The molecule has 7 heteroatoms. The van der Waals surface area contributed by atoms with Gasteiger partial charge in [-0.05, 0) is 36.4 Å². The number of rotatable bonds is 3. The maximum Gasteiger partial charge on any atom is 0.232 e. The number of hydrogen-bond donors (Lipinski definition) is 0. The van der Waals surface area contributed by atoms with Crippen molar-refractivity contribution in [1.29, 1.82) is 0 Å². The van der Waals surface area contributed by atoms with Crippen LogP contribution in [-0.2, 0) is 4.79 Å². The van der Waals surface area contributed by atoms with E-state index < -0.39 is 0 Å². The molecular formula is C17H13ClN4O2. The first kappa shape index (κ1) is 14.8. The molecule has 3 heterocycles. The van der Waals surface area contributed by atoms with Gasteiger partial charge in [0.05, 0.1) is 5.92 Å². The molecular weight excluding hydrogens is 328 g/mol. The van der Waals surface area contributed by atoms with Crippen molar-refractivity contribution in [1.82, 2.24) is 15.1 Å². The summed E-state index contributed by atoms with van der Waals surface area (Å²) in [4.78, 5) is 22.5. The van der Waals surface area contributed by atoms with Gasteiger partial charge in [0.2, 0.25) is 17.6 Å². The summed E-state index contributed by atoms with van der Waals surface area (Å²) in [7, 11) is 0. The molecule has 6 nitrogen and oxygen atoms in total. The van der Waals surface area contributed by atoms with Crippen LogP contribution in [0.2, 0.25) is 5.02 Å². The van der Waals surface area contributed by atoms with Gasteiger partial charge in [-0.25, -0.2) is 0 Å². The fraction of sp³-hybridized carbons (Fsp3) is 0.176. The highest BCUT2D eigenvalue weighted by Crippen LogP contribution is 2.32. The van der Waals surface area contributed by atoms with E-state index >= 15 is 0 Å². The summed E-state index contributed by atoms with van der Waals surface area (Å²) in [6.45, 7) is 0.509. The zero-order chi connectivity index (χ0) is 16.5. The third-order valence-corrected chi connectivity index (χ3v) is 4.23. The zero-order valence-corrected chi connectivity index (χ0v) is 13.3. The molecule has 4 rings (SSSR count). The van der Waals surface area contributed by atoms with E-state index in [0.29, 0.717) is 29.7 Å². The van der Waals surface area contributed by atoms with E-state index in [-0.39, 0.29) is 11.8 Å². The highest BCUT2D eigenvalue weighted by molar-refractivity contribution is 6.30. The Morgan fingerprint density at radius 1 is 1.21 bits per heavy atom. The Morgan fingerprint density at radius 3 is 2.79 bits per heavy atom. The number of carbonyl (C=O) groups is 1. The molecule has 1 amide bonds. The lowest BCUT2D eigenvalue weighted by Gasteiger charge is -2.15. The van der Waals surface area contributed by atoms with E-state index in [4.69, 9.17) is 16.1 Å². The minimum Gasteiger partial charge on any atom is -0.339 e. The average Bonchev–Trinajstić information content (AvgIpc) is 3.23. The molecule has 0 spiro atoms. The predicted octanol–water partition coefficient (Wildman–Crippen LogP) is 3.31. The van der Waals surface area contributed by atoms with Crippen molar-refractivity contribution < 1.29 is 9.32 Å². The first-order chi connectivity index (χ1) is 11.7. The van der Waals surface area contributed by atoms with Crippen molar-refractivity contribution in [3.63, 3.8) is 0 Å². The van der Waals surface area contributed by atoms with Crippen LogP contribution in [-0.4, -0.2) is 27.6 Å². The van der Waals surface area contributed by atoms with E-state index in [1.807, 2.05) is 24.3 Å². The lowest BCUT2D eigenvalue weighted by atomic mass is 10.1. The van der Waals surface area contributed by atoms with E-state index in [1.54, 1.807) is 29.4 Å². The highest BCUT2D eigenvalue weighted by atomic mass is 35.5. The number of anilines is 1. The SMILES string of the molecule is O=C1C[C@@H](c2nc(-c3cccnc3)no2)CN1c1ccc(Cl)cc1. The van der Waals surface area contributed by atoms with Crippen molar-refractivity contribution in [2.24, 2.45) is 0 Å². The van der Waals surface area contributed by atoms with Gasteiger partial charge in [-0.2, -0.15) is 4.98 Å². The highest BCUT2D eigenvalue weighted by Gasteiger charge is 2.35. The molecule has 120 valence electrons. The Balaban J connectivity index is 1.55. The Bertz CT molecular complexity index is 864. The van der Waals surface area contributed by atoms with E-state index in [9.17, 15) is 4.79 Å². The molecule has 1 aliphatic rings. The van der Waals surface area contributed by atoms with Crippen molar-refractivity contribution in [2.45, 2.75) is 12.3 Å². The molecule has 24 heavy (non-hydrogen) atoms. The Labute approximate surface area is 143 Å². The van der Waals surface area contributed by atoms with Crippen LogP contribution in [0.3, 0.4) is 0 Å². The second-order valence-corrected chi connectivity index (χ2v) is 6.02. The fourth-order valence-electron chi connectivity index (χ4n) is 2.76. The van der Waals surface area contributed by atoms with Gasteiger partial charge in [-0.1, -0.05) is 16.8 Å². The number of benzene rings is 1. The van der Waals surface area contributed by atoms with Gasteiger partial charge in [0.25, 0.3) is 0 Å². The number of nitrogens with zero attached hydrogens (tertiary/aromatic N) is 4. The number of pyridine rings is 1. The molecule has 0 bridgehead atoms. The van der Waals surface area contributed by atoms with Crippen molar-refractivity contribution in [3.8, 4) is 11.4 Å². The van der Waals surface area contributed by atoms with Crippen molar-refractivity contribution >= 4 is 23.2 Å². The first-order valence-electron chi connectivity index (χ1n) is 7.50. The Hall–Kier alpha value is -2.73. The quantitative estimate of drug-likeness (QED) is 0.731. The average molecular weight is 341 g/mol. The topological polar surface area (TPSA) is 72.1 Å². The molecule has 3 aromatic rings. The zero-order valence-electron chi connectivity index (χ0n) is 12.6. The van der Waals surface area contributed by atoms with Gasteiger partial charge in [-0.15, -0.1) is 0 Å². The van der Waals surface area contributed by atoms with Gasteiger partial charge in [-0.3, -0.25) is 9.78 Å². The summed E-state index contributed by atoms with van der Waals surface area (Å²) >= 11 is 5.90. The van der Waals surface area contributed by atoms with Crippen molar-refractivity contribution in [2.75, 3.05) is 11.4 Å². The van der Waals surface area contributed by atoms with Crippen LogP contribution >= 0.6 is 11.6 Å². The van der Waals surface area contributed by atoms with Gasteiger partial charge in [0.1, 0.15) is 0 Å². The van der Waals surface area contributed by atoms with Gasteiger partial charge >= 0.3 is 0 Å². The summed E-state index contributed by atoms with van der Waals surface area (Å²) in [6, 6.07) is 10.9. The van der Waals surface area contributed by atoms with Crippen molar-refractivity contribution in [3.05, 3.63) is 59.7 Å². The van der Waals surface area contributed by atoms with Crippen LogP contribution in [0.15, 0.2) is 53.3 Å². The number of amides is 1. The summed E-state index contributed by atoms with van der Waals surface area (Å²) < 4.78 is 5.37. The largest absolute Gasteiger partial charge is 0.339 e. The minimum absolute atomic E-state index is 0.0310. The molecule has 0 radical (unpaired) electrons. The molecule has 1 aliphatic heterocycles. The monoisotopic (exact) mass is 340 g/mol. The summed E-state index contributed by atoms with van der Waals surface area (Å²) in [5.74, 6) is 0.865. The van der Waals surface area contributed by atoms with Crippen LogP contribution < -0.4 is 4.90 Å². The van der Waals surface area contributed by atoms with Crippen LogP contribution in [0.1, 0.15) is 18.2 Å². The minimum atomic E-state index is -0.119. The first-order valence-corrected chi connectivity index (χ1v) is 7.88. The smallest absolute Gasteiger partial charge is 0.232 e. The van der Waals surface area contributed by atoms with E-state index in [0.717, 1.165) is 11.3 Å². The predicted molar refractivity (Wildman–Crippen MR) is 88.7 cm³/mol. The summed E-state index contributed by atoms with van der Waals surface area (Å²) in [6.07, 6.45) is 3.70. The third kappa shape index (κ3) is 2.76. The molecule has 1 aromatic carbocycles. The summed E-state index contributed by atoms with van der Waals surface area (Å²) in [5.41, 5.74) is 1.60. The number of aromatic nitrogens is 3. The summed E-state index contributed by atoms with van der Waals surface area (Å²) in [5, 5.41) is 4.63. The van der Waals surface area contributed by atoms with Gasteiger partial charge in [0.15, 0.2) is 0 Å². The molecule has 1 fully saturated rings. The number of carbonyl (C=O) groups excluding carboxylic acids is 1. The van der Waals surface area contributed by atoms with E-state index in [1.165, 1.54) is 0 Å². The van der Waals surface area contributed by atoms with Crippen LogP contribution in [0.25, 0.3) is 11.4 Å². The normalized spacial score (nSPS) is 17.5. The second-order valence-electron chi connectivity index (χ2n) is 5.58. The lowest BCUT2D eigenvalue weighted by molar-refractivity contribution is -0.117. The van der Waals surface area contributed by atoms with Crippen LogP contribution in [0.5, 0.6) is 0 Å².